The molecule has 84 valence electrons. The first-order valence-electron chi connectivity index (χ1n) is 5.48. The van der Waals surface area contributed by atoms with E-state index in [0.717, 1.165) is 11.3 Å². The van der Waals surface area contributed by atoms with Gasteiger partial charge >= 0.3 is 0 Å². The average Bonchev–Trinajstić information content (AvgIpc) is 2.42. The molecular formula is C13H12N4. The zero-order chi connectivity index (χ0) is 12.1. The number of hydrogen-bond donors (Lipinski definition) is 0. The Kier molecular flexibility index (Phi) is 3.41. The van der Waals surface area contributed by atoms with E-state index in [1.165, 1.54) is 0 Å². The Bertz CT molecular complexity index is 531. The maximum absolute atomic E-state index is 9.00. The number of hydrogen-bond acceptors (Lipinski definition) is 4. The van der Waals surface area contributed by atoms with Gasteiger partial charge < -0.3 is 0 Å². The number of nitrogens with zero attached hydrogens (tertiary/aromatic N) is 4. The van der Waals surface area contributed by atoms with Crippen LogP contribution in [0.1, 0.15) is 25.1 Å². The maximum atomic E-state index is 9.00. The summed E-state index contributed by atoms with van der Waals surface area (Å²) >= 11 is 0. The van der Waals surface area contributed by atoms with Crippen molar-refractivity contribution in [2.24, 2.45) is 0 Å². The van der Waals surface area contributed by atoms with E-state index in [2.05, 4.69) is 21.0 Å². The predicted molar refractivity (Wildman–Crippen MR) is 63.9 cm³/mol. The average molecular weight is 224 g/mol. The quantitative estimate of drug-likeness (QED) is 0.803. The molecule has 0 bridgehead atoms. The van der Waals surface area contributed by atoms with Gasteiger partial charge in [0.05, 0.1) is 11.8 Å². The van der Waals surface area contributed by atoms with Crippen LogP contribution in [0.5, 0.6) is 0 Å². The van der Waals surface area contributed by atoms with Crippen LogP contribution >= 0.6 is 0 Å². The van der Waals surface area contributed by atoms with E-state index in [4.69, 9.17) is 5.26 Å². The Morgan fingerprint density at radius 2 is 2.24 bits per heavy atom. The van der Waals surface area contributed by atoms with Crippen molar-refractivity contribution in [3.05, 3.63) is 42.6 Å². The van der Waals surface area contributed by atoms with Crippen LogP contribution in [0.3, 0.4) is 0 Å². The summed E-state index contributed by atoms with van der Waals surface area (Å²) in [5.41, 5.74) is 1.74. The van der Waals surface area contributed by atoms with Crippen LogP contribution in [0.15, 0.2) is 36.8 Å². The summed E-state index contributed by atoms with van der Waals surface area (Å²) in [7, 11) is 0. The standard InChI is InChI=1S/C13H12N4/c1-2-10(8-14)13-16-7-5-12(17-13)11-4-3-6-15-9-11/h3-7,9-10H,2H2,1H3. The van der Waals surface area contributed by atoms with E-state index >= 15 is 0 Å². The number of aromatic nitrogens is 3. The van der Waals surface area contributed by atoms with Crippen LogP contribution < -0.4 is 0 Å². The number of rotatable bonds is 3. The molecule has 0 aliphatic heterocycles. The molecular weight excluding hydrogens is 212 g/mol. The molecule has 2 aromatic rings. The minimum atomic E-state index is -0.244. The van der Waals surface area contributed by atoms with Gasteiger partial charge in [0.2, 0.25) is 0 Å². The molecule has 1 atom stereocenters. The molecule has 0 N–H and O–H groups in total. The Morgan fingerprint density at radius 1 is 1.35 bits per heavy atom. The van der Waals surface area contributed by atoms with Gasteiger partial charge in [0, 0.05) is 24.2 Å². The number of nitriles is 1. The Hall–Kier alpha value is -2.28. The monoisotopic (exact) mass is 224 g/mol. The van der Waals surface area contributed by atoms with Gasteiger partial charge in [-0.05, 0) is 24.6 Å². The summed E-state index contributed by atoms with van der Waals surface area (Å²) in [5.74, 6) is 0.336. The van der Waals surface area contributed by atoms with Crippen LogP contribution in [-0.4, -0.2) is 15.0 Å². The van der Waals surface area contributed by atoms with E-state index in [1.807, 2.05) is 25.1 Å². The summed E-state index contributed by atoms with van der Waals surface area (Å²) in [6, 6.07) is 7.83. The van der Waals surface area contributed by atoms with Crippen molar-refractivity contribution in [2.45, 2.75) is 19.3 Å². The number of pyridine rings is 1. The van der Waals surface area contributed by atoms with Crippen molar-refractivity contribution in [3.8, 4) is 17.3 Å². The van der Waals surface area contributed by atoms with Gasteiger partial charge in [-0.3, -0.25) is 4.98 Å². The van der Waals surface area contributed by atoms with Crippen LogP contribution in [0.25, 0.3) is 11.3 Å². The van der Waals surface area contributed by atoms with Gasteiger partial charge in [0.15, 0.2) is 0 Å². The van der Waals surface area contributed by atoms with E-state index in [0.29, 0.717) is 12.2 Å². The fourth-order valence-electron chi connectivity index (χ4n) is 1.55. The summed E-state index contributed by atoms with van der Waals surface area (Å²) < 4.78 is 0. The lowest BCUT2D eigenvalue weighted by Gasteiger charge is -2.06. The molecule has 0 radical (unpaired) electrons. The van der Waals surface area contributed by atoms with E-state index in [9.17, 15) is 0 Å². The fourth-order valence-corrected chi connectivity index (χ4v) is 1.55. The third-order valence-corrected chi connectivity index (χ3v) is 2.51. The highest BCUT2D eigenvalue weighted by atomic mass is 14.9. The maximum Gasteiger partial charge on any atom is 0.146 e. The first-order chi connectivity index (χ1) is 8.35. The van der Waals surface area contributed by atoms with Gasteiger partial charge in [0.25, 0.3) is 0 Å². The van der Waals surface area contributed by atoms with Gasteiger partial charge in [-0.1, -0.05) is 6.92 Å². The van der Waals surface area contributed by atoms with Gasteiger partial charge in [-0.15, -0.1) is 0 Å². The molecule has 1 unspecified atom stereocenters. The first kappa shape index (κ1) is 11.2. The normalized spacial score (nSPS) is 11.8. The lowest BCUT2D eigenvalue weighted by Crippen LogP contribution is -2.02. The Morgan fingerprint density at radius 3 is 2.88 bits per heavy atom. The molecule has 0 amide bonds. The van der Waals surface area contributed by atoms with Crippen molar-refractivity contribution in [1.82, 2.24) is 15.0 Å². The summed E-state index contributed by atoms with van der Waals surface area (Å²) in [5, 5.41) is 9.00. The van der Waals surface area contributed by atoms with Crippen LogP contribution in [0, 0.1) is 11.3 Å². The largest absolute Gasteiger partial charge is 0.264 e. The minimum Gasteiger partial charge on any atom is -0.264 e. The van der Waals surface area contributed by atoms with Gasteiger partial charge in [-0.2, -0.15) is 5.26 Å². The fraction of sp³-hybridized carbons (Fsp3) is 0.231. The molecule has 0 aliphatic carbocycles. The lowest BCUT2D eigenvalue weighted by molar-refractivity contribution is 0.752. The van der Waals surface area contributed by atoms with Crippen molar-refractivity contribution in [1.29, 1.82) is 5.26 Å². The topological polar surface area (TPSA) is 62.5 Å². The highest BCUT2D eigenvalue weighted by Crippen LogP contribution is 2.19. The highest BCUT2D eigenvalue weighted by molar-refractivity contribution is 5.57. The third kappa shape index (κ3) is 2.45. The second-order valence-corrected chi connectivity index (χ2v) is 3.63. The molecule has 0 spiro atoms. The molecule has 0 saturated heterocycles. The SMILES string of the molecule is CCC(C#N)c1nccc(-c2cccnc2)n1. The van der Waals surface area contributed by atoms with Crippen molar-refractivity contribution >= 4 is 0 Å². The summed E-state index contributed by atoms with van der Waals surface area (Å²) in [4.78, 5) is 12.6. The van der Waals surface area contributed by atoms with Gasteiger partial charge in [-0.25, -0.2) is 9.97 Å². The lowest BCUT2D eigenvalue weighted by atomic mass is 10.1. The van der Waals surface area contributed by atoms with Crippen molar-refractivity contribution < 1.29 is 0 Å². The smallest absolute Gasteiger partial charge is 0.146 e. The molecule has 2 heterocycles. The molecule has 4 nitrogen and oxygen atoms in total. The molecule has 0 aromatic carbocycles. The summed E-state index contributed by atoms with van der Waals surface area (Å²) in [6.45, 7) is 1.95. The molecule has 17 heavy (non-hydrogen) atoms. The van der Waals surface area contributed by atoms with Crippen LogP contribution in [0.2, 0.25) is 0 Å². The highest BCUT2D eigenvalue weighted by Gasteiger charge is 2.12. The Balaban J connectivity index is 2.39. The Labute approximate surface area is 100.0 Å². The van der Waals surface area contributed by atoms with Gasteiger partial charge in [0.1, 0.15) is 11.7 Å². The third-order valence-electron chi connectivity index (χ3n) is 2.51. The second kappa shape index (κ2) is 5.17. The first-order valence-corrected chi connectivity index (χ1v) is 5.48. The van der Waals surface area contributed by atoms with E-state index in [-0.39, 0.29) is 5.92 Å². The molecule has 0 fully saturated rings. The van der Waals surface area contributed by atoms with E-state index < -0.39 is 0 Å². The molecule has 0 aliphatic rings. The molecule has 0 saturated carbocycles. The van der Waals surface area contributed by atoms with E-state index in [1.54, 1.807) is 18.6 Å². The van der Waals surface area contributed by atoms with Crippen LogP contribution in [0.4, 0.5) is 0 Å². The molecule has 2 aromatic heterocycles. The predicted octanol–water partition coefficient (Wildman–Crippen LogP) is 2.56. The minimum absolute atomic E-state index is 0.244. The second-order valence-electron chi connectivity index (χ2n) is 3.63. The molecule has 4 heteroatoms. The van der Waals surface area contributed by atoms with Crippen molar-refractivity contribution in [2.75, 3.05) is 0 Å². The molecule has 2 rings (SSSR count). The van der Waals surface area contributed by atoms with Crippen LogP contribution in [-0.2, 0) is 0 Å². The zero-order valence-electron chi connectivity index (χ0n) is 9.54. The zero-order valence-corrected chi connectivity index (χ0v) is 9.54. The summed E-state index contributed by atoms with van der Waals surface area (Å²) in [6.07, 6.45) is 5.87. The van der Waals surface area contributed by atoms with Crippen molar-refractivity contribution in [3.63, 3.8) is 0 Å².